The van der Waals surface area contributed by atoms with Gasteiger partial charge in [0.05, 0.1) is 13.2 Å². The molecule has 0 spiro atoms. The van der Waals surface area contributed by atoms with Gasteiger partial charge in [0.25, 0.3) is 0 Å². The maximum absolute atomic E-state index is 5.97. The van der Waals surface area contributed by atoms with Crippen LogP contribution in [0.4, 0.5) is 0 Å². The van der Waals surface area contributed by atoms with Crippen molar-refractivity contribution in [3.63, 3.8) is 0 Å². The first-order valence-corrected chi connectivity index (χ1v) is 7.31. The lowest BCUT2D eigenvalue weighted by molar-refractivity contribution is 0.0387. The summed E-state index contributed by atoms with van der Waals surface area (Å²) in [5, 5.41) is 0. The Balaban J connectivity index is 2.06. The van der Waals surface area contributed by atoms with Gasteiger partial charge in [0, 0.05) is 38.3 Å². The van der Waals surface area contributed by atoms with E-state index in [4.69, 9.17) is 15.2 Å². The van der Waals surface area contributed by atoms with Gasteiger partial charge in [0.2, 0.25) is 0 Å². The Morgan fingerprint density at radius 1 is 1.30 bits per heavy atom. The quantitative estimate of drug-likeness (QED) is 0.898. The van der Waals surface area contributed by atoms with Crippen molar-refractivity contribution < 1.29 is 9.47 Å². The molecule has 1 fully saturated rings. The predicted octanol–water partition coefficient (Wildman–Crippen LogP) is 2.33. The van der Waals surface area contributed by atoms with E-state index in [0.717, 1.165) is 43.8 Å². The fourth-order valence-electron chi connectivity index (χ4n) is 2.75. The van der Waals surface area contributed by atoms with Crippen LogP contribution in [0.5, 0.6) is 5.75 Å². The minimum Gasteiger partial charge on any atom is -0.496 e. The molecule has 1 aromatic rings. The molecule has 0 radical (unpaired) electrons. The molecule has 1 aliphatic heterocycles. The Morgan fingerprint density at radius 2 is 2.00 bits per heavy atom. The van der Waals surface area contributed by atoms with Crippen LogP contribution in [0.2, 0.25) is 0 Å². The van der Waals surface area contributed by atoms with Crippen LogP contribution in [-0.4, -0.2) is 38.3 Å². The van der Waals surface area contributed by atoms with Crippen molar-refractivity contribution in [2.24, 2.45) is 5.73 Å². The van der Waals surface area contributed by atoms with E-state index in [1.165, 1.54) is 5.56 Å². The molecule has 0 saturated carbocycles. The maximum Gasteiger partial charge on any atom is 0.123 e. The molecule has 1 aliphatic rings. The fourth-order valence-corrected chi connectivity index (χ4v) is 2.75. The third-order valence-electron chi connectivity index (χ3n) is 4.09. The molecule has 112 valence electrons. The summed E-state index contributed by atoms with van der Waals surface area (Å²) >= 11 is 0. The number of hydrogen-bond donors (Lipinski definition) is 1. The second-order valence-corrected chi connectivity index (χ2v) is 5.57. The molecule has 1 heterocycles. The van der Waals surface area contributed by atoms with E-state index in [0.29, 0.717) is 6.10 Å². The molecule has 1 unspecified atom stereocenters. The highest BCUT2D eigenvalue weighted by molar-refractivity contribution is 5.38. The number of methoxy groups -OCH3 is 2. The van der Waals surface area contributed by atoms with Crippen molar-refractivity contribution in [3.05, 3.63) is 29.3 Å². The molecule has 0 bridgehead atoms. The maximum atomic E-state index is 5.97. The lowest BCUT2D eigenvalue weighted by Crippen LogP contribution is -2.36. The topological polar surface area (TPSA) is 47.7 Å². The predicted molar refractivity (Wildman–Crippen MR) is 80.9 cm³/mol. The van der Waals surface area contributed by atoms with Crippen molar-refractivity contribution in [1.29, 1.82) is 0 Å². The van der Waals surface area contributed by atoms with E-state index >= 15 is 0 Å². The summed E-state index contributed by atoms with van der Waals surface area (Å²) in [6.07, 6.45) is 2.63. The van der Waals surface area contributed by atoms with Crippen molar-refractivity contribution >= 4 is 0 Å². The lowest BCUT2D eigenvalue weighted by Gasteiger charge is -2.31. The highest BCUT2D eigenvalue weighted by Gasteiger charge is 2.20. The van der Waals surface area contributed by atoms with E-state index in [1.54, 1.807) is 14.2 Å². The molecule has 1 aromatic carbocycles. The second kappa shape index (κ2) is 7.07. The summed E-state index contributed by atoms with van der Waals surface area (Å²) in [5.41, 5.74) is 8.35. The first-order valence-electron chi connectivity index (χ1n) is 7.31. The van der Waals surface area contributed by atoms with Gasteiger partial charge < -0.3 is 15.2 Å². The third kappa shape index (κ3) is 3.72. The number of nitrogens with zero attached hydrogens (tertiary/aromatic N) is 1. The summed E-state index contributed by atoms with van der Waals surface area (Å²) in [7, 11) is 3.52. The minimum atomic E-state index is 0.0545. The lowest BCUT2D eigenvalue weighted by atomic mass is 10.0. The van der Waals surface area contributed by atoms with Gasteiger partial charge in [-0.1, -0.05) is 6.07 Å². The molecule has 0 amide bonds. The zero-order chi connectivity index (χ0) is 14.5. The molecular weight excluding hydrogens is 252 g/mol. The molecule has 2 rings (SSSR count). The Morgan fingerprint density at radius 3 is 2.55 bits per heavy atom. The number of rotatable bonds is 5. The van der Waals surface area contributed by atoms with Gasteiger partial charge in [-0.2, -0.15) is 0 Å². The van der Waals surface area contributed by atoms with E-state index in [2.05, 4.69) is 11.0 Å². The fraction of sp³-hybridized carbons (Fsp3) is 0.625. The van der Waals surface area contributed by atoms with E-state index in [9.17, 15) is 0 Å². The first kappa shape index (κ1) is 15.3. The van der Waals surface area contributed by atoms with Crippen LogP contribution in [0.1, 0.15) is 36.9 Å². The Labute approximate surface area is 121 Å². The van der Waals surface area contributed by atoms with Crippen LogP contribution < -0.4 is 10.5 Å². The minimum absolute atomic E-state index is 0.0545. The second-order valence-electron chi connectivity index (χ2n) is 5.57. The average molecular weight is 278 g/mol. The van der Waals surface area contributed by atoms with Gasteiger partial charge in [-0.15, -0.1) is 0 Å². The van der Waals surface area contributed by atoms with Crippen molar-refractivity contribution in [3.8, 4) is 5.75 Å². The highest BCUT2D eigenvalue weighted by atomic mass is 16.5. The first-order chi connectivity index (χ1) is 9.63. The number of benzene rings is 1. The van der Waals surface area contributed by atoms with Gasteiger partial charge in [-0.3, -0.25) is 4.90 Å². The molecule has 1 saturated heterocycles. The Bertz CT molecular complexity index is 426. The molecular formula is C16H26N2O2. The Kier molecular flexibility index (Phi) is 5.40. The van der Waals surface area contributed by atoms with Crippen molar-refractivity contribution in [2.75, 3.05) is 27.3 Å². The Hall–Kier alpha value is -1.10. The zero-order valence-electron chi connectivity index (χ0n) is 12.8. The smallest absolute Gasteiger partial charge is 0.123 e. The van der Waals surface area contributed by atoms with Gasteiger partial charge in [-0.05, 0) is 37.5 Å². The van der Waals surface area contributed by atoms with E-state index < -0.39 is 0 Å². The normalized spacial score (nSPS) is 19.0. The largest absolute Gasteiger partial charge is 0.496 e. The number of piperidine rings is 1. The number of nitrogens with two attached hydrogens (primary N) is 1. The van der Waals surface area contributed by atoms with Crippen LogP contribution in [0.25, 0.3) is 0 Å². The summed E-state index contributed by atoms with van der Waals surface area (Å²) in [6.45, 7) is 5.07. The zero-order valence-corrected chi connectivity index (χ0v) is 12.8. The summed E-state index contributed by atoms with van der Waals surface area (Å²) in [5.74, 6) is 0.947. The van der Waals surface area contributed by atoms with Crippen LogP contribution in [-0.2, 0) is 11.3 Å². The van der Waals surface area contributed by atoms with E-state index in [-0.39, 0.29) is 6.04 Å². The molecule has 0 aliphatic carbocycles. The highest BCUT2D eigenvalue weighted by Crippen LogP contribution is 2.25. The van der Waals surface area contributed by atoms with Crippen molar-refractivity contribution in [2.45, 2.75) is 38.5 Å². The monoisotopic (exact) mass is 278 g/mol. The van der Waals surface area contributed by atoms with Crippen molar-refractivity contribution in [1.82, 2.24) is 4.90 Å². The van der Waals surface area contributed by atoms with Crippen LogP contribution in [0.3, 0.4) is 0 Å². The summed E-state index contributed by atoms with van der Waals surface area (Å²) in [6, 6.07) is 6.30. The molecule has 0 aromatic heterocycles. The van der Waals surface area contributed by atoms with Crippen LogP contribution in [0, 0.1) is 0 Å². The standard InChI is InChI=1S/C16H26N2O2/c1-12(17)13-4-5-16(20-3)14(10-13)11-18-8-6-15(19-2)7-9-18/h4-5,10,12,15H,6-9,11,17H2,1-3H3. The molecule has 4 nitrogen and oxygen atoms in total. The molecule has 1 atom stereocenters. The third-order valence-corrected chi connectivity index (χ3v) is 4.09. The summed E-state index contributed by atoms with van der Waals surface area (Å²) < 4.78 is 10.9. The van der Waals surface area contributed by atoms with Crippen LogP contribution in [0.15, 0.2) is 18.2 Å². The number of ether oxygens (including phenoxy) is 2. The average Bonchev–Trinajstić information content (AvgIpc) is 2.48. The van der Waals surface area contributed by atoms with Crippen LogP contribution >= 0.6 is 0 Å². The van der Waals surface area contributed by atoms with Gasteiger partial charge in [0.15, 0.2) is 0 Å². The van der Waals surface area contributed by atoms with Gasteiger partial charge >= 0.3 is 0 Å². The van der Waals surface area contributed by atoms with Gasteiger partial charge in [-0.25, -0.2) is 0 Å². The SMILES string of the molecule is COc1ccc(C(C)N)cc1CN1CCC(OC)CC1. The van der Waals surface area contributed by atoms with Gasteiger partial charge in [0.1, 0.15) is 5.75 Å². The molecule has 20 heavy (non-hydrogen) atoms. The number of hydrogen-bond acceptors (Lipinski definition) is 4. The molecule has 4 heteroatoms. The van der Waals surface area contributed by atoms with E-state index in [1.807, 2.05) is 19.1 Å². The summed E-state index contributed by atoms with van der Waals surface area (Å²) in [4.78, 5) is 2.46. The number of likely N-dealkylation sites (tertiary alicyclic amines) is 1. The molecule has 2 N–H and O–H groups in total.